The van der Waals surface area contributed by atoms with Gasteiger partial charge in [-0.05, 0) is 24.5 Å². The summed E-state index contributed by atoms with van der Waals surface area (Å²) < 4.78 is 1.46. The van der Waals surface area contributed by atoms with E-state index in [2.05, 4.69) is 23.9 Å². The van der Waals surface area contributed by atoms with Gasteiger partial charge in [-0.2, -0.15) is 0 Å². The van der Waals surface area contributed by atoms with Crippen molar-refractivity contribution in [3.8, 4) is 0 Å². The van der Waals surface area contributed by atoms with Crippen LogP contribution in [0.4, 0.5) is 0 Å². The first-order valence-electron chi connectivity index (χ1n) is 4.67. The van der Waals surface area contributed by atoms with Gasteiger partial charge in [0.2, 0.25) is 0 Å². The van der Waals surface area contributed by atoms with Gasteiger partial charge >= 0.3 is 0 Å². The zero-order valence-corrected chi connectivity index (χ0v) is 8.53. The Bertz CT molecular complexity index is 522. The van der Waals surface area contributed by atoms with E-state index in [1.54, 1.807) is 6.07 Å². The van der Waals surface area contributed by atoms with Crippen LogP contribution in [0.5, 0.6) is 0 Å². The van der Waals surface area contributed by atoms with Crippen LogP contribution in [0.25, 0.3) is 5.65 Å². The largest absolute Gasteiger partial charge is 0.277 e. The van der Waals surface area contributed by atoms with Gasteiger partial charge in [0.25, 0.3) is 5.56 Å². The Hall–Kier alpha value is -1.58. The van der Waals surface area contributed by atoms with Crippen LogP contribution in [-0.4, -0.2) is 14.6 Å². The highest BCUT2D eigenvalue weighted by molar-refractivity contribution is 5.41. The summed E-state index contributed by atoms with van der Waals surface area (Å²) in [6.45, 7) is 5.96. The number of hydrogen-bond acceptors (Lipinski definition) is 2. The molecule has 2 heterocycles. The van der Waals surface area contributed by atoms with Crippen LogP contribution in [0.1, 0.15) is 31.2 Å². The van der Waals surface area contributed by atoms with Crippen LogP contribution in [0.3, 0.4) is 0 Å². The highest BCUT2D eigenvalue weighted by Crippen LogP contribution is 2.13. The van der Waals surface area contributed by atoms with Gasteiger partial charge in [0.1, 0.15) is 5.82 Å². The van der Waals surface area contributed by atoms with Crippen molar-refractivity contribution in [3.63, 3.8) is 0 Å². The lowest BCUT2D eigenvalue weighted by Crippen LogP contribution is -2.14. The summed E-state index contributed by atoms with van der Waals surface area (Å²) in [7, 11) is 0. The molecule has 74 valence electrons. The third-order valence-electron chi connectivity index (χ3n) is 2.26. The summed E-state index contributed by atoms with van der Waals surface area (Å²) in [5.74, 6) is 1.10. The fraction of sp³-hybridized carbons (Fsp3) is 0.400. The zero-order valence-electron chi connectivity index (χ0n) is 8.53. The summed E-state index contributed by atoms with van der Waals surface area (Å²) in [5.41, 5.74) is 1.67. The molecule has 0 saturated carbocycles. The van der Waals surface area contributed by atoms with Gasteiger partial charge in [-0.15, -0.1) is 0 Å². The Balaban J connectivity index is 2.78. The number of fused-ring (bicyclic) bond motifs is 1. The second-order valence-electron chi connectivity index (χ2n) is 3.78. The smallest absolute Gasteiger partial charge is 0.271 e. The Labute approximate surface area is 81.6 Å². The molecule has 2 aromatic heterocycles. The Morgan fingerprint density at radius 1 is 1.43 bits per heavy atom. The molecule has 4 nitrogen and oxygen atoms in total. The normalized spacial score (nSPS) is 11.4. The first kappa shape index (κ1) is 8.99. The van der Waals surface area contributed by atoms with E-state index in [0.717, 1.165) is 11.4 Å². The van der Waals surface area contributed by atoms with Crippen molar-refractivity contribution < 1.29 is 0 Å². The lowest BCUT2D eigenvalue weighted by Gasteiger charge is -2.03. The summed E-state index contributed by atoms with van der Waals surface area (Å²) in [6.07, 6.45) is 0. The zero-order chi connectivity index (χ0) is 10.3. The van der Waals surface area contributed by atoms with Crippen molar-refractivity contribution >= 4 is 5.65 Å². The molecule has 0 aliphatic heterocycles. The van der Waals surface area contributed by atoms with E-state index in [0.29, 0.717) is 11.6 Å². The Morgan fingerprint density at radius 3 is 2.79 bits per heavy atom. The Morgan fingerprint density at radius 2 is 2.14 bits per heavy atom. The molecule has 2 aromatic rings. The van der Waals surface area contributed by atoms with Crippen molar-refractivity contribution in [3.05, 3.63) is 33.9 Å². The fourth-order valence-electron chi connectivity index (χ4n) is 1.46. The highest BCUT2D eigenvalue weighted by atomic mass is 16.1. The highest BCUT2D eigenvalue weighted by Gasteiger charge is 2.06. The van der Waals surface area contributed by atoms with Crippen molar-refractivity contribution in [2.45, 2.75) is 26.7 Å². The van der Waals surface area contributed by atoms with Gasteiger partial charge in [0.05, 0.1) is 0 Å². The molecule has 14 heavy (non-hydrogen) atoms. The number of aromatic amines is 1. The molecule has 0 amide bonds. The quantitative estimate of drug-likeness (QED) is 0.741. The number of nitrogens with zero attached hydrogens (tertiary/aromatic N) is 2. The second kappa shape index (κ2) is 2.97. The van der Waals surface area contributed by atoms with Crippen LogP contribution < -0.4 is 5.56 Å². The van der Waals surface area contributed by atoms with Gasteiger partial charge < -0.3 is 0 Å². The Kier molecular flexibility index (Phi) is 1.91. The number of pyridine rings is 1. The predicted molar refractivity (Wildman–Crippen MR) is 54.6 cm³/mol. The van der Waals surface area contributed by atoms with E-state index in [4.69, 9.17) is 0 Å². The van der Waals surface area contributed by atoms with Crippen LogP contribution in [0.2, 0.25) is 0 Å². The van der Waals surface area contributed by atoms with E-state index in [1.165, 1.54) is 4.52 Å². The topological polar surface area (TPSA) is 50.2 Å². The number of aryl methyl sites for hydroxylation is 1. The first-order valence-corrected chi connectivity index (χ1v) is 4.67. The first-order chi connectivity index (χ1) is 6.58. The van der Waals surface area contributed by atoms with E-state index < -0.39 is 0 Å². The van der Waals surface area contributed by atoms with Gasteiger partial charge in [0, 0.05) is 6.07 Å². The monoisotopic (exact) mass is 191 g/mol. The SMILES string of the molecule is Cc1nc2cc(C(C)C)cc(=O)n2[nH]1. The molecule has 0 spiro atoms. The van der Waals surface area contributed by atoms with Crippen LogP contribution in [0.15, 0.2) is 16.9 Å². The third kappa shape index (κ3) is 1.32. The molecule has 0 atom stereocenters. The second-order valence-corrected chi connectivity index (χ2v) is 3.78. The number of H-pyrrole nitrogens is 1. The average molecular weight is 191 g/mol. The average Bonchev–Trinajstić information content (AvgIpc) is 2.45. The molecule has 0 radical (unpaired) electrons. The summed E-state index contributed by atoms with van der Waals surface area (Å²) in [6, 6.07) is 3.59. The van der Waals surface area contributed by atoms with E-state index >= 15 is 0 Å². The fourth-order valence-corrected chi connectivity index (χ4v) is 1.46. The summed E-state index contributed by atoms with van der Waals surface area (Å²) >= 11 is 0. The van der Waals surface area contributed by atoms with Gasteiger partial charge in [-0.25, -0.2) is 9.50 Å². The van der Waals surface area contributed by atoms with E-state index in [1.807, 2.05) is 13.0 Å². The molecule has 2 rings (SSSR count). The minimum Gasteiger partial charge on any atom is -0.277 e. The number of nitrogens with one attached hydrogen (secondary N) is 1. The maximum absolute atomic E-state index is 11.6. The van der Waals surface area contributed by atoms with Crippen LogP contribution in [-0.2, 0) is 0 Å². The molecule has 0 fully saturated rings. The van der Waals surface area contributed by atoms with Crippen molar-refractivity contribution in [2.24, 2.45) is 0 Å². The molecule has 1 N–H and O–H groups in total. The molecule has 0 unspecified atom stereocenters. The maximum atomic E-state index is 11.6. The predicted octanol–water partition coefficient (Wildman–Crippen LogP) is 1.45. The molecule has 0 bridgehead atoms. The molecule has 4 heteroatoms. The maximum Gasteiger partial charge on any atom is 0.271 e. The standard InChI is InChI=1S/C10H13N3O/c1-6(2)8-4-9-11-7(3)12-13(9)10(14)5-8/h4-6H,1-3H3,(H,11,12). The van der Waals surface area contributed by atoms with Crippen molar-refractivity contribution in [1.29, 1.82) is 0 Å². The lowest BCUT2D eigenvalue weighted by atomic mass is 10.1. The molecule has 0 aliphatic carbocycles. The third-order valence-corrected chi connectivity index (χ3v) is 2.26. The van der Waals surface area contributed by atoms with E-state index in [-0.39, 0.29) is 5.56 Å². The number of rotatable bonds is 1. The van der Waals surface area contributed by atoms with E-state index in [9.17, 15) is 4.79 Å². The summed E-state index contributed by atoms with van der Waals surface area (Å²) in [5, 5.41) is 2.89. The van der Waals surface area contributed by atoms with Gasteiger partial charge in [-0.1, -0.05) is 13.8 Å². The minimum atomic E-state index is -0.0493. The van der Waals surface area contributed by atoms with Crippen LogP contribution >= 0.6 is 0 Å². The minimum absolute atomic E-state index is 0.0493. The lowest BCUT2D eigenvalue weighted by molar-refractivity contribution is 0.840. The van der Waals surface area contributed by atoms with Crippen LogP contribution in [0, 0.1) is 6.92 Å². The van der Waals surface area contributed by atoms with Crippen molar-refractivity contribution in [2.75, 3.05) is 0 Å². The molecular weight excluding hydrogens is 178 g/mol. The van der Waals surface area contributed by atoms with Gasteiger partial charge in [0.15, 0.2) is 5.65 Å². The molecule has 0 aliphatic rings. The molecule has 0 aromatic carbocycles. The molecular formula is C10H13N3O. The molecule has 0 saturated heterocycles. The number of hydrogen-bond donors (Lipinski definition) is 1. The van der Waals surface area contributed by atoms with Crippen molar-refractivity contribution in [1.82, 2.24) is 14.6 Å². The van der Waals surface area contributed by atoms with Gasteiger partial charge in [-0.3, -0.25) is 9.89 Å². The number of aromatic nitrogens is 3. The summed E-state index contributed by atoms with van der Waals surface area (Å²) in [4.78, 5) is 15.8.